The van der Waals surface area contributed by atoms with Gasteiger partial charge in [0.15, 0.2) is 0 Å². The summed E-state index contributed by atoms with van der Waals surface area (Å²) in [7, 11) is 1.78. The number of carbonyl (C=O) groups excluding carboxylic acids is 1. The molecule has 3 N–H and O–H groups in total. The Bertz CT molecular complexity index is 423. The number of ether oxygens (including phenoxy) is 1. The van der Waals surface area contributed by atoms with E-state index in [0.29, 0.717) is 17.9 Å². The fourth-order valence-electron chi connectivity index (χ4n) is 4.57. The molecule has 0 radical (unpaired) electrons. The number of hydrogen-bond donors (Lipinski definition) is 2. The Kier molecular flexibility index (Phi) is 4.18. The maximum Gasteiger partial charge on any atom is 0.237 e. The molecule has 1 amide bonds. The van der Waals surface area contributed by atoms with Crippen molar-refractivity contribution < 1.29 is 9.53 Å². The molecule has 2 aliphatic carbocycles. The van der Waals surface area contributed by atoms with E-state index in [2.05, 4.69) is 33.0 Å². The van der Waals surface area contributed by atoms with Gasteiger partial charge < -0.3 is 15.8 Å². The fourth-order valence-corrected chi connectivity index (χ4v) is 4.57. The van der Waals surface area contributed by atoms with Gasteiger partial charge in [0, 0.05) is 6.42 Å². The summed E-state index contributed by atoms with van der Waals surface area (Å²) in [6.45, 7) is 11.1. The molecule has 4 nitrogen and oxygen atoms in total. The third kappa shape index (κ3) is 2.50. The van der Waals surface area contributed by atoms with Gasteiger partial charge in [0.25, 0.3) is 0 Å². The molecule has 0 heterocycles. The van der Waals surface area contributed by atoms with Crippen LogP contribution in [0.5, 0.6) is 0 Å². The minimum absolute atomic E-state index is 0.0203. The van der Waals surface area contributed by atoms with Gasteiger partial charge in [-0.25, -0.2) is 0 Å². The second kappa shape index (κ2) is 5.24. The van der Waals surface area contributed by atoms with Gasteiger partial charge in [0.1, 0.15) is 0 Å². The first kappa shape index (κ1) is 16.8. The molecule has 4 heteroatoms. The normalized spacial score (nSPS) is 38.2. The van der Waals surface area contributed by atoms with Gasteiger partial charge in [0.2, 0.25) is 5.91 Å². The Morgan fingerprint density at radius 1 is 1.48 bits per heavy atom. The Hall–Kier alpha value is -0.610. The Balaban J connectivity index is 2.02. The summed E-state index contributed by atoms with van der Waals surface area (Å²) in [5.41, 5.74) is 5.42. The van der Waals surface area contributed by atoms with Crippen molar-refractivity contribution in [2.45, 2.75) is 78.0 Å². The third-order valence-electron chi connectivity index (χ3n) is 6.90. The molecule has 0 aromatic carbocycles. The van der Waals surface area contributed by atoms with Crippen molar-refractivity contribution in [3.63, 3.8) is 0 Å². The first-order chi connectivity index (χ1) is 9.57. The van der Waals surface area contributed by atoms with Gasteiger partial charge >= 0.3 is 0 Å². The highest BCUT2D eigenvalue weighted by atomic mass is 16.5. The monoisotopic (exact) mass is 296 g/mol. The highest BCUT2D eigenvalue weighted by molar-refractivity contribution is 5.84. The van der Waals surface area contributed by atoms with Crippen LogP contribution in [0.25, 0.3) is 0 Å². The number of amides is 1. The predicted octanol–water partition coefficient (Wildman–Crippen LogP) is 2.46. The standard InChI is InChI=1S/C17H32N2O2/c1-11(10-17(5,19-6)14(18)20)21-13-9-12-7-8-16(13,4)15(12,2)3/h11-13,19H,7-10H2,1-6H3,(H2,18,20). The average Bonchev–Trinajstić information content (AvgIpc) is 2.71. The topological polar surface area (TPSA) is 64.3 Å². The molecular weight excluding hydrogens is 264 g/mol. The zero-order chi connectivity index (χ0) is 16.1. The lowest BCUT2D eigenvalue weighted by molar-refractivity contribution is -0.128. The molecule has 2 saturated carbocycles. The van der Waals surface area contributed by atoms with Crippen molar-refractivity contribution in [1.29, 1.82) is 0 Å². The van der Waals surface area contributed by atoms with Crippen LogP contribution in [0.3, 0.4) is 0 Å². The van der Waals surface area contributed by atoms with Gasteiger partial charge in [-0.1, -0.05) is 20.8 Å². The average molecular weight is 296 g/mol. The van der Waals surface area contributed by atoms with Crippen molar-refractivity contribution in [2.75, 3.05) is 7.05 Å². The molecule has 5 atom stereocenters. The second-order valence-corrected chi connectivity index (χ2v) is 8.20. The summed E-state index contributed by atoms with van der Waals surface area (Å²) in [5.74, 6) is 0.450. The van der Waals surface area contributed by atoms with E-state index >= 15 is 0 Å². The van der Waals surface area contributed by atoms with Gasteiger partial charge in [-0.2, -0.15) is 0 Å². The highest BCUT2D eigenvalue weighted by Gasteiger charge is 2.62. The summed E-state index contributed by atoms with van der Waals surface area (Å²) in [4.78, 5) is 11.6. The number of nitrogens with one attached hydrogen (secondary N) is 1. The fraction of sp³-hybridized carbons (Fsp3) is 0.941. The van der Waals surface area contributed by atoms with E-state index in [-0.39, 0.29) is 17.4 Å². The van der Waals surface area contributed by atoms with E-state index in [4.69, 9.17) is 10.5 Å². The number of likely N-dealkylation sites (N-methyl/N-ethyl adjacent to an activating group) is 1. The summed E-state index contributed by atoms with van der Waals surface area (Å²) in [6.07, 6.45) is 4.66. The Morgan fingerprint density at radius 3 is 2.48 bits per heavy atom. The van der Waals surface area contributed by atoms with Crippen LogP contribution in [-0.2, 0) is 9.53 Å². The minimum atomic E-state index is -0.701. The molecule has 5 unspecified atom stereocenters. The quantitative estimate of drug-likeness (QED) is 0.791. The number of primary amides is 1. The molecule has 2 fully saturated rings. The summed E-state index contributed by atoms with van der Waals surface area (Å²) < 4.78 is 6.38. The summed E-state index contributed by atoms with van der Waals surface area (Å²) in [6, 6.07) is 0. The first-order valence-electron chi connectivity index (χ1n) is 8.21. The van der Waals surface area contributed by atoms with Crippen LogP contribution in [0.2, 0.25) is 0 Å². The van der Waals surface area contributed by atoms with Crippen molar-refractivity contribution >= 4 is 5.91 Å². The van der Waals surface area contributed by atoms with Gasteiger partial charge in [-0.3, -0.25) is 4.79 Å². The van der Waals surface area contributed by atoms with Crippen molar-refractivity contribution in [2.24, 2.45) is 22.5 Å². The largest absolute Gasteiger partial charge is 0.375 e. The Morgan fingerprint density at radius 2 is 2.10 bits per heavy atom. The zero-order valence-corrected chi connectivity index (χ0v) is 14.5. The molecule has 0 aromatic rings. The smallest absolute Gasteiger partial charge is 0.237 e. The first-order valence-corrected chi connectivity index (χ1v) is 8.21. The van der Waals surface area contributed by atoms with Crippen molar-refractivity contribution in [1.82, 2.24) is 5.32 Å². The molecule has 0 spiro atoms. The minimum Gasteiger partial charge on any atom is -0.375 e. The highest BCUT2D eigenvalue weighted by Crippen LogP contribution is 2.66. The number of nitrogens with two attached hydrogens (primary N) is 1. The van der Waals surface area contributed by atoms with Crippen LogP contribution >= 0.6 is 0 Å². The second-order valence-electron chi connectivity index (χ2n) is 8.20. The van der Waals surface area contributed by atoms with Gasteiger partial charge in [0.05, 0.1) is 17.7 Å². The predicted molar refractivity (Wildman–Crippen MR) is 84.8 cm³/mol. The van der Waals surface area contributed by atoms with Crippen LogP contribution in [0.1, 0.15) is 60.3 Å². The third-order valence-corrected chi connectivity index (χ3v) is 6.90. The van der Waals surface area contributed by atoms with Crippen LogP contribution < -0.4 is 11.1 Å². The molecule has 21 heavy (non-hydrogen) atoms. The number of hydrogen-bond acceptors (Lipinski definition) is 3. The van der Waals surface area contributed by atoms with E-state index < -0.39 is 5.54 Å². The van der Waals surface area contributed by atoms with Crippen molar-refractivity contribution in [3.05, 3.63) is 0 Å². The van der Waals surface area contributed by atoms with E-state index in [1.807, 2.05) is 6.92 Å². The van der Waals surface area contributed by atoms with Crippen LogP contribution in [0, 0.1) is 16.7 Å². The lowest BCUT2D eigenvalue weighted by Gasteiger charge is -2.40. The molecule has 2 aliphatic rings. The maximum absolute atomic E-state index is 11.6. The summed E-state index contributed by atoms with van der Waals surface area (Å²) in [5, 5.41) is 3.04. The van der Waals surface area contributed by atoms with E-state index in [9.17, 15) is 4.79 Å². The van der Waals surface area contributed by atoms with Gasteiger partial charge in [-0.05, 0) is 56.9 Å². The lowest BCUT2D eigenvalue weighted by Crippen LogP contribution is -2.53. The van der Waals surface area contributed by atoms with Crippen LogP contribution in [-0.4, -0.2) is 30.7 Å². The number of carbonyl (C=O) groups is 1. The molecular formula is C17H32N2O2. The Labute approximate surface area is 129 Å². The molecule has 0 saturated heterocycles. The van der Waals surface area contributed by atoms with E-state index in [1.165, 1.54) is 12.8 Å². The van der Waals surface area contributed by atoms with Crippen LogP contribution in [0.4, 0.5) is 0 Å². The zero-order valence-electron chi connectivity index (χ0n) is 14.5. The van der Waals surface area contributed by atoms with Crippen LogP contribution in [0.15, 0.2) is 0 Å². The number of rotatable bonds is 6. The molecule has 0 aliphatic heterocycles. The summed E-state index contributed by atoms with van der Waals surface area (Å²) >= 11 is 0. The molecule has 2 bridgehead atoms. The molecule has 2 rings (SSSR count). The maximum atomic E-state index is 11.6. The van der Waals surface area contributed by atoms with Gasteiger partial charge in [-0.15, -0.1) is 0 Å². The molecule has 122 valence electrons. The lowest BCUT2D eigenvalue weighted by atomic mass is 9.70. The SMILES string of the molecule is CNC(C)(CC(C)OC1CC2CCC1(C)C2(C)C)C(N)=O. The molecule has 0 aromatic heterocycles. The number of fused-ring (bicyclic) bond motifs is 2. The van der Waals surface area contributed by atoms with E-state index in [1.54, 1.807) is 7.05 Å². The van der Waals surface area contributed by atoms with E-state index in [0.717, 1.165) is 12.3 Å². The van der Waals surface area contributed by atoms with Crippen molar-refractivity contribution in [3.8, 4) is 0 Å².